The normalized spacial score (nSPS) is 13.0. The molecule has 2 aromatic rings. The van der Waals surface area contributed by atoms with Crippen molar-refractivity contribution in [2.45, 2.75) is 33.3 Å². The minimum Gasteiger partial charge on any atom is -0.490 e. The Morgan fingerprint density at radius 2 is 2.07 bits per heavy atom. The highest BCUT2D eigenvalue weighted by Crippen LogP contribution is 2.34. The van der Waals surface area contributed by atoms with Gasteiger partial charge in [0.15, 0.2) is 0 Å². The smallest absolute Gasteiger partial charge is 0.253 e. The van der Waals surface area contributed by atoms with Crippen LogP contribution in [-0.2, 0) is 14.3 Å². The van der Waals surface area contributed by atoms with Crippen LogP contribution in [0.2, 0.25) is 0 Å². The van der Waals surface area contributed by atoms with Crippen LogP contribution in [-0.4, -0.2) is 44.4 Å². The van der Waals surface area contributed by atoms with Crippen molar-refractivity contribution in [2.75, 3.05) is 32.8 Å². The van der Waals surface area contributed by atoms with Gasteiger partial charge in [0, 0.05) is 36.3 Å². The third-order valence-corrected chi connectivity index (χ3v) is 5.37. The van der Waals surface area contributed by atoms with Gasteiger partial charge in [-0.1, -0.05) is 30.8 Å². The van der Waals surface area contributed by atoms with Gasteiger partial charge in [0.05, 0.1) is 17.8 Å². The van der Waals surface area contributed by atoms with Crippen molar-refractivity contribution in [1.82, 2.24) is 4.98 Å². The fourth-order valence-electron chi connectivity index (χ4n) is 2.60. The molecule has 0 unspecified atom stereocenters. The lowest BCUT2D eigenvalue weighted by Crippen LogP contribution is -2.26. The predicted molar refractivity (Wildman–Crippen MR) is 125 cm³/mol. The van der Waals surface area contributed by atoms with Gasteiger partial charge in [-0.15, -0.1) is 0 Å². The van der Waals surface area contributed by atoms with Crippen LogP contribution in [0, 0.1) is 0 Å². The minimum absolute atomic E-state index is 0.210. The number of fused-ring (bicyclic) bond motifs is 1. The van der Waals surface area contributed by atoms with Crippen LogP contribution >= 0.6 is 11.8 Å². The Kier molecular flexibility index (Phi) is 9.86. The monoisotopic (exact) mass is 430 g/mol. The maximum atomic E-state index is 12.2. The number of thioether (sulfide) groups is 1. The van der Waals surface area contributed by atoms with Crippen LogP contribution < -0.4 is 10.1 Å². The summed E-state index contributed by atoms with van der Waals surface area (Å²) in [4.78, 5) is 18.0. The van der Waals surface area contributed by atoms with Crippen LogP contribution in [0.15, 0.2) is 41.8 Å². The van der Waals surface area contributed by atoms with E-state index in [2.05, 4.69) is 23.7 Å². The maximum Gasteiger partial charge on any atom is 0.253 e. The number of allylic oxidation sites excluding steroid dienone is 2. The number of aromatic nitrogens is 1. The Labute approximate surface area is 182 Å². The number of nitrogens with zero attached hydrogens (tertiary/aromatic N) is 1. The summed E-state index contributed by atoms with van der Waals surface area (Å²) in [6, 6.07) is 7.52. The maximum absolute atomic E-state index is 12.2. The standard InChI is InChI=1S/C23H30N2O4S/c1-6-8-13-30-22(7-2)20-15-21(29-12-11-27-4)18-14-17(9-10-19(18)25-20)24-23(26)16(3)28-5/h7-10,13-16H,6,11-12H2,1-5H3,(H,24,26)/b13-8-,22-7-/t16-/m0/s1. The molecule has 162 valence electrons. The Morgan fingerprint density at radius 3 is 2.73 bits per heavy atom. The van der Waals surface area contributed by atoms with E-state index < -0.39 is 6.10 Å². The third kappa shape index (κ3) is 6.58. The second kappa shape index (κ2) is 12.4. The molecule has 0 aliphatic rings. The fraction of sp³-hybridized carbons (Fsp3) is 0.391. The lowest BCUT2D eigenvalue weighted by molar-refractivity contribution is -0.124. The summed E-state index contributed by atoms with van der Waals surface area (Å²) in [5.74, 6) is 0.487. The molecule has 0 saturated heterocycles. The first kappa shape index (κ1) is 23.9. The summed E-state index contributed by atoms with van der Waals surface area (Å²) in [5, 5.41) is 5.76. The van der Waals surface area contributed by atoms with E-state index in [1.54, 1.807) is 25.8 Å². The van der Waals surface area contributed by atoms with Crippen molar-refractivity contribution >= 4 is 39.2 Å². The van der Waals surface area contributed by atoms with Gasteiger partial charge < -0.3 is 19.5 Å². The second-order valence-corrected chi connectivity index (χ2v) is 7.44. The molecule has 0 saturated carbocycles. The molecular weight excluding hydrogens is 400 g/mol. The van der Waals surface area contributed by atoms with Crippen LogP contribution in [0.4, 0.5) is 5.69 Å². The summed E-state index contributed by atoms with van der Waals surface area (Å²) < 4.78 is 16.2. The number of carbonyl (C=O) groups excluding carboxylic acids is 1. The first-order chi connectivity index (χ1) is 14.5. The number of hydrogen-bond donors (Lipinski definition) is 1. The van der Waals surface area contributed by atoms with Gasteiger partial charge in [0.1, 0.15) is 18.5 Å². The second-order valence-electron chi connectivity index (χ2n) is 6.50. The van der Waals surface area contributed by atoms with Gasteiger partial charge in [-0.2, -0.15) is 0 Å². The summed E-state index contributed by atoms with van der Waals surface area (Å²) in [5.41, 5.74) is 2.29. The average molecular weight is 431 g/mol. The molecule has 0 spiro atoms. The number of carbonyl (C=O) groups is 1. The van der Waals surface area contributed by atoms with E-state index in [0.717, 1.165) is 27.9 Å². The number of amides is 1. The molecule has 7 heteroatoms. The van der Waals surface area contributed by atoms with E-state index in [1.165, 1.54) is 7.11 Å². The minimum atomic E-state index is -0.538. The topological polar surface area (TPSA) is 69.7 Å². The largest absolute Gasteiger partial charge is 0.490 e. The summed E-state index contributed by atoms with van der Waals surface area (Å²) >= 11 is 1.63. The summed E-state index contributed by atoms with van der Waals surface area (Å²) in [6.07, 6.45) is 4.60. The Balaban J connectivity index is 2.44. The lowest BCUT2D eigenvalue weighted by Gasteiger charge is -2.14. The molecule has 0 radical (unpaired) electrons. The Hall–Kier alpha value is -2.35. The summed E-state index contributed by atoms with van der Waals surface area (Å²) in [7, 11) is 3.14. The van der Waals surface area contributed by atoms with Gasteiger partial charge in [0.25, 0.3) is 5.91 Å². The molecule has 0 bridgehead atoms. The van der Waals surface area contributed by atoms with E-state index in [9.17, 15) is 4.79 Å². The number of pyridine rings is 1. The molecule has 0 aliphatic heterocycles. The number of nitrogens with one attached hydrogen (secondary N) is 1. The van der Waals surface area contributed by atoms with Gasteiger partial charge in [-0.25, -0.2) is 4.98 Å². The van der Waals surface area contributed by atoms with Gasteiger partial charge in [-0.3, -0.25) is 4.79 Å². The molecule has 1 aromatic carbocycles. The Morgan fingerprint density at radius 1 is 1.27 bits per heavy atom. The van der Waals surface area contributed by atoms with Crippen LogP contribution in [0.1, 0.15) is 32.9 Å². The van der Waals surface area contributed by atoms with Crippen LogP contribution in [0.5, 0.6) is 5.75 Å². The van der Waals surface area contributed by atoms with E-state index in [-0.39, 0.29) is 5.91 Å². The zero-order chi connectivity index (χ0) is 21.9. The highest BCUT2D eigenvalue weighted by molar-refractivity contribution is 8.10. The van der Waals surface area contributed by atoms with Crippen molar-refractivity contribution in [3.8, 4) is 5.75 Å². The molecule has 1 aromatic heterocycles. The number of methoxy groups -OCH3 is 2. The zero-order valence-corrected chi connectivity index (χ0v) is 19.0. The molecule has 1 heterocycles. The number of ether oxygens (including phenoxy) is 3. The highest BCUT2D eigenvalue weighted by atomic mass is 32.2. The van der Waals surface area contributed by atoms with Crippen LogP contribution in [0.25, 0.3) is 15.8 Å². The van der Waals surface area contributed by atoms with Crippen molar-refractivity contribution in [3.05, 3.63) is 47.5 Å². The molecule has 0 fully saturated rings. The SMILES string of the molecule is C/C=C(\S/C=C\CC)c1cc(OCCOC)c2cc(NC(=O)[C@H](C)OC)ccc2n1. The summed E-state index contributed by atoms with van der Waals surface area (Å²) in [6.45, 7) is 6.69. The number of hydrogen-bond acceptors (Lipinski definition) is 6. The quantitative estimate of drug-likeness (QED) is 0.491. The number of rotatable bonds is 11. The van der Waals surface area contributed by atoms with Gasteiger partial charge in [-0.05, 0) is 43.9 Å². The van der Waals surface area contributed by atoms with Crippen molar-refractivity contribution < 1.29 is 19.0 Å². The highest BCUT2D eigenvalue weighted by Gasteiger charge is 2.14. The van der Waals surface area contributed by atoms with E-state index in [1.807, 2.05) is 37.3 Å². The molecule has 30 heavy (non-hydrogen) atoms. The first-order valence-corrected chi connectivity index (χ1v) is 10.8. The molecule has 1 N–H and O–H groups in total. The first-order valence-electron chi connectivity index (χ1n) is 9.92. The Bertz CT molecular complexity index is 911. The lowest BCUT2D eigenvalue weighted by atomic mass is 10.1. The van der Waals surface area contributed by atoms with E-state index in [0.29, 0.717) is 24.7 Å². The molecule has 1 atom stereocenters. The molecule has 2 rings (SSSR count). The number of anilines is 1. The van der Waals surface area contributed by atoms with Gasteiger partial charge >= 0.3 is 0 Å². The molecule has 1 amide bonds. The van der Waals surface area contributed by atoms with Gasteiger partial charge in [0.2, 0.25) is 0 Å². The number of benzene rings is 1. The van der Waals surface area contributed by atoms with E-state index >= 15 is 0 Å². The van der Waals surface area contributed by atoms with Crippen molar-refractivity contribution in [3.63, 3.8) is 0 Å². The molecule has 0 aliphatic carbocycles. The van der Waals surface area contributed by atoms with Crippen molar-refractivity contribution in [2.24, 2.45) is 0 Å². The third-order valence-electron chi connectivity index (χ3n) is 4.35. The predicted octanol–water partition coefficient (Wildman–Crippen LogP) is 5.25. The van der Waals surface area contributed by atoms with Crippen LogP contribution in [0.3, 0.4) is 0 Å². The zero-order valence-electron chi connectivity index (χ0n) is 18.2. The average Bonchev–Trinajstić information content (AvgIpc) is 2.76. The molecular formula is C23H30N2O4S. The van der Waals surface area contributed by atoms with E-state index in [4.69, 9.17) is 19.2 Å². The van der Waals surface area contributed by atoms with Crippen molar-refractivity contribution in [1.29, 1.82) is 0 Å². The molecule has 6 nitrogen and oxygen atoms in total. The fourth-order valence-corrected chi connectivity index (χ4v) is 3.39.